The van der Waals surface area contributed by atoms with Gasteiger partial charge in [-0.15, -0.1) is 0 Å². The number of pyridine rings is 1. The summed E-state index contributed by atoms with van der Waals surface area (Å²) >= 11 is 2.34. The van der Waals surface area contributed by atoms with Crippen LogP contribution in [0.3, 0.4) is 0 Å². The average Bonchev–Trinajstić information content (AvgIpc) is 3.47. The van der Waals surface area contributed by atoms with Crippen LogP contribution in [-0.2, 0) is 17.3 Å². The van der Waals surface area contributed by atoms with E-state index in [1.54, 1.807) is 0 Å². The summed E-state index contributed by atoms with van der Waals surface area (Å²) in [5, 5.41) is 0. The van der Waals surface area contributed by atoms with Crippen LogP contribution < -0.4 is 9.88 Å². The first-order chi connectivity index (χ1) is 16.0. The number of hydrogen-bond acceptors (Lipinski definition) is 4. The van der Waals surface area contributed by atoms with Crippen LogP contribution in [0.4, 0.5) is 5.82 Å². The summed E-state index contributed by atoms with van der Waals surface area (Å²) in [6.07, 6.45) is 6.24. The number of fused-ring (bicyclic) bond motifs is 1. The van der Waals surface area contributed by atoms with Crippen molar-refractivity contribution in [3.8, 4) is 0 Å². The first-order valence-corrected chi connectivity index (χ1v) is 13.9. The van der Waals surface area contributed by atoms with Gasteiger partial charge in [-0.25, -0.2) is 9.97 Å². The van der Waals surface area contributed by atoms with Crippen LogP contribution in [-0.4, -0.2) is 37.0 Å². The normalized spacial score (nSPS) is 19.8. The smallest absolute Gasteiger partial charge is 0.377 e. The lowest BCUT2D eigenvalue weighted by atomic mass is 9.72. The molecule has 1 spiro atoms. The minimum absolute atomic E-state index is 0.122. The molecule has 2 aliphatic rings. The second-order valence-corrected chi connectivity index (χ2v) is 11.8. The third kappa shape index (κ3) is 3.31. The summed E-state index contributed by atoms with van der Waals surface area (Å²) in [5.74, 6) is 1.65. The van der Waals surface area contributed by atoms with Gasteiger partial charge in [-0.3, -0.25) is 4.40 Å². The minimum Gasteiger partial charge on any atom is -0.385 e. The Bertz CT molecular complexity index is 1340. The van der Waals surface area contributed by atoms with Gasteiger partial charge in [-0.2, -0.15) is 0 Å². The topological polar surface area (TPSA) is 62.5 Å². The third-order valence-electron chi connectivity index (χ3n) is 7.68. The van der Waals surface area contributed by atoms with Gasteiger partial charge in [0, 0.05) is 18.5 Å². The van der Waals surface area contributed by atoms with Crippen LogP contribution in [0.2, 0.25) is 0 Å². The molecule has 33 heavy (non-hydrogen) atoms. The highest BCUT2D eigenvalue weighted by Gasteiger charge is 2.48. The molecule has 0 bridgehead atoms. The fourth-order valence-electron chi connectivity index (χ4n) is 6.25. The number of piperidine rings is 1. The van der Waals surface area contributed by atoms with Crippen LogP contribution in [0.25, 0.3) is 16.8 Å². The number of rotatable bonds is 5. The molecule has 4 aromatic rings. The van der Waals surface area contributed by atoms with Crippen molar-refractivity contribution in [2.45, 2.75) is 45.6 Å². The summed E-state index contributed by atoms with van der Waals surface area (Å²) < 4.78 is 15.2. The largest absolute Gasteiger partial charge is 0.385 e. The van der Waals surface area contributed by atoms with Gasteiger partial charge in [-0.05, 0) is 83.0 Å². The predicted molar refractivity (Wildman–Crippen MR) is 141 cm³/mol. The molecule has 0 radical (unpaired) electrons. The number of anilines is 1. The monoisotopic (exact) mass is 569 g/mol. The Morgan fingerprint density at radius 1 is 1.24 bits per heavy atom. The van der Waals surface area contributed by atoms with Crippen molar-refractivity contribution in [2.24, 2.45) is 11.3 Å². The first-order valence-electron chi connectivity index (χ1n) is 11.8. The van der Waals surface area contributed by atoms with Crippen molar-refractivity contribution in [3.63, 3.8) is 0 Å². The number of aromatic nitrogens is 3. The van der Waals surface area contributed by atoms with Gasteiger partial charge >= 0.3 is 9.57 Å². The molecular formula is C25H28IN5OSi. The standard InChI is InChI=1S/C25H28IN5OSi/c1-15(2)12-16-4-3-5-17-13-25(22(21(16)17)29-33-32)8-10-30(11-9-25)24-19-14-27-23-18(26)6-7-20(28-24)31(19)23/h3-7,14-15,22,29,33H,8-13H2,1-2H3/t22-/m1/s1. The molecule has 1 aliphatic heterocycles. The van der Waals surface area contributed by atoms with E-state index in [0.717, 1.165) is 65.0 Å². The molecule has 1 N–H and O–H groups in total. The summed E-state index contributed by atoms with van der Waals surface area (Å²) in [7, 11) is -0.997. The Morgan fingerprint density at radius 2 is 2.06 bits per heavy atom. The van der Waals surface area contributed by atoms with Crippen LogP contribution in [0.5, 0.6) is 0 Å². The maximum absolute atomic E-state index is 11.9. The maximum atomic E-state index is 11.9. The Kier molecular flexibility index (Phi) is 5.21. The van der Waals surface area contributed by atoms with Crippen molar-refractivity contribution in [2.75, 3.05) is 18.0 Å². The molecule has 6 nitrogen and oxygen atoms in total. The van der Waals surface area contributed by atoms with Gasteiger partial charge in [0.05, 0.1) is 15.8 Å². The van der Waals surface area contributed by atoms with Crippen molar-refractivity contribution < 1.29 is 4.46 Å². The van der Waals surface area contributed by atoms with E-state index >= 15 is 0 Å². The van der Waals surface area contributed by atoms with Crippen LogP contribution in [0.15, 0.2) is 36.5 Å². The Morgan fingerprint density at radius 3 is 2.82 bits per heavy atom. The SMILES string of the molecule is CC(C)Cc1cccc2c1[C@@H](N[SiH]=O)C1(CCN(c3nc4ccc(I)c5ncc3n45)CC1)C2. The Hall–Kier alpha value is -2.07. The lowest BCUT2D eigenvalue weighted by molar-refractivity contribution is 0.175. The second kappa shape index (κ2) is 8.01. The van der Waals surface area contributed by atoms with Gasteiger partial charge in [0.2, 0.25) is 0 Å². The second-order valence-electron chi connectivity index (χ2n) is 10.1. The van der Waals surface area contributed by atoms with Crippen molar-refractivity contribution in [1.29, 1.82) is 0 Å². The molecule has 0 saturated carbocycles. The third-order valence-corrected chi connectivity index (χ3v) is 9.00. The first kappa shape index (κ1) is 21.5. The maximum Gasteiger partial charge on any atom is 0.377 e. The zero-order valence-corrected chi connectivity index (χ0v) is 22.3. The van der Waals surface area contributed by atoms with E-state index in [-0.39, 0.29) is 11.5 Å². The molecule has 1 atom stereocenters. The highest BCUT2D eigenvalue weighted by molar-refractivity contribution is 14.1. The molecule has 1 fully saturated rings. The van der Waals surface area contributed by atoms with E-state index in [2.05, 4.69) is 86.0 Å². The summed E-state index contributed by atoms with van der Waals surface area (Å²) in [5.41, 5.74) is 7.49. The summed E-state index contributed by atoms with van der Waals surface area (Å²) in [6.45, 7) is 6.46. The van der Waals surface area contributed by atoms with E-state index < -0.39 is 9.57 Å². The highest BCUT2D eigenvalue weighted by Crippen LogP contribution is 2.53. The fourth-order valence-corrected chi connectivity index (χ4v) is 7.46. The molecule has 0 unspecified atom stereocenters. The predicted octanol–water partition coefficient (Wildman–Crippen LogP) is 4.29. The molecule has 8 heteroatoms. The van der Waals surface area contributed by atoms with E-state index in [1.807, 2.05) is 6.20 Å². The summed E-state index contributed by atoms with van der Waals surface area (Å²) in [4.78, 5) is 15.5. The Balaban J connectivity index is 1.31. The zero-order chi connectivity index (χ0) is 22.7. The molecule has 1 aliphatic carbocycles. The molecule has 0 amide bonds. The van der Waals surface area contributed by atoms with E-state index in [4.69, 9.17) is 4.98 Å². The molecule has 4 heterocycles. The van der Waals surface area contributed by atoms with Crippen LogP contribution in [0, 0.1) is 14.9 Å². The number of hydrogen-bond donors (Lipinski definition) is 1. The molecule has 1 aromatic carbocycles. The van der Waals surface area contributed by atoms with E-state index in [1.165, 1.54) is 16.7 Å². The number of halogens is 1. The van der Waals surface area contributed by atoms with E-state index in [0.29, 0.717) is 5.92 Å². The molecule has 1 saturated heterocycles. The highest BCUT2D eigenvalue weighted by atomic mass is 127. The number of benzene rings is 1. The number of nitrogens with zero attached hydrogens (tertiary/aromatic N) is 4. The number of imidazole rings is 2. The fraction of sp³-hybridized carbons (Fsp3) is 0.440. The van der Waals surface area contributed by atoms with Gasteiger partial charge < -0.3 is 14.3 Å². The van der Waals surface area contributed by atoms with Gasteiger partial charge in [0.15, 0.2) is 11.5 Å². The van der Waals surface area contributed by atoms with Crippen molar-refractivity contribution in [1.82, 2.24) is 19.4 Å². The molecular weight excluding hydrogens is 541 g/mol. The molecule has 3 aromatic heterocycles. The quantitative estimate of drug-likeness (QED) is 0.287. The van der Waals surface area contributed by atoms with Crippen molar-refractivity contribution in [3.05, 3.63) is 56.8 Å². The lowest BCUT2D eigenvalue weighted by Gasteiger charge is -2.43. The molecule has 6 rings (SSSR count). The van der Waals surface area contributed by atoms with Gasteiger partial charge in [0.25, 0.3) is 0 Å². The Labute approximate surface area is 209 Å². The van der Waals surface area contributed by atoms with E-state index in [9.17, 15) is 4.46 Å². The molecule has 170 valence electrons. The average molecular weight is 570 g/mol. The van der Waals surface area contributed by atoms with Crippen molar-refractivity contribution >= 4 is 54.8 Å². The lowest BCUT2D eigenvalue weighted by Crippen LogP contribution is -2.46. The van der Waals surface area contributed by atoms with Gasteiger partial charge in [0.1, 0.15) is 11.2 Å². The van der Waals surface area contributed by atoms with Crippen LogP contribution in [0.1, 0.15) is 49.4 Å². The minimum atomic E-state index is -0.997. The zero-order valence-electron chi connectivity index (χ0n) is 19.0. The van der Waals surface area contributed by atoms with Crippen LogP contribution >= 0.6 is 22.6 Å². The van der Waals surface area contributed by atoms with Gasteiger partial charge in [-0.1, -0.05) is 32.0 Å². The number of nitrogens with one attached hydrogen (secondary N) is 1. The summed E-state index contributed by atoms with van der Waals surface area (Å²) in [6, 6.07) is 11.1.